The standard InChI is InChI=1S/C20H31N3O3/c1-26-18-9-6-5-8-17(18)22-20(25)16-11-14-23(15-12-16)19(24)10-4-2-3-7-13-21/h5-6,8-9,16H,2-4,7,10-15,21H2,1H3,(H,22,25). The maximum atomic E-state index is 12.5. The van der Waals surface area contributed by atoms with Crippen molar-refractivity contribution in [2.45, 2.75) is 44.9 Å². The van der Waals surface area contributed by atoms with Gasteiger partial charge in [0, 0.05) is 25.4 Å². The van der Waals surface area contributed by atoms with Crippen molar-refractivity contribution in [1.29, 1.82) is 0 Å². The molecule has 0 aromatic heterocycles. The van der Waals surface area contributed by atoms with Gasteiger partial charge in [-0.3, -0.25) is 9.59 Å². The molecule has 144 valence electrons. The fraction of sp³-hybridized carbons (Fsp3) is 0.600. The van der Waals surface area contributed by atoms with Gasteiger partial charge < -0.3 is 20.7 Å². The monoisotopic (exact) mass is 361 g/mol. The molecule has 0 unspecified atom stereocenters. The summed E-state index contributed by atoms with van der Waals surface area (Å²) in [5.74, 6) is 0.807. The quantitative estimate of drug-likeness (QED) is 0.662. The SMILES string of the molecule is COc1ccccc1NC(=O)C1CCN(C(=O)CCCCCCN)CC1. The smallest absolute Gasteiger partial charge is 0.227 e. The maximum Gasteiger partial charge on any atom is 0.227 e. The van der Waals surface area contributed by atoms with Crippen LogP contribution in [0, 0.1) is 5.92 Å². The summed E-state index contributed by atoms with van der Waals surface area (Å²) in [4.78, 5) is 26.7. The van der Waals surface area contributed by atoms with E-state index in [1.165, 1.54) is 0 Å². The molecular formula is C20H31N3O3. The Morgan fingerprint density at radius 2 is 1.85 bits per heavy atom. The van der Waals surface area contributed by atoms with Crippen LogP contribution in [0.4, 0.5) is 5.69 Å². The van der Waals surface area contributed by atoms with Gasteiger partial charge in [0.2, 0.25) is 11.8 Å². The molecule has 6 heteroatoms. The Morgan fingerprint density at radius 3 is 2.54 bits per heavy atom. The second kappa shape index (κ2) is 10.8. The highest BCUT2D eigenvalue weighted by Crippen LogP contribution is 2.26. The molecule has 1 fully saturated rings. The molecule has 2 rings (SSSR count). The Bertz CT molecular complexity index is 583. The first-order valence-corrected chi connectivity index (χ1v) is 9.57. The van der Waals surface area contributed by atoms with Crippen LogP contribution in [0.1, 0.15) is 44.9 Å². The summed E-state index contributed by atoms with van der Waals surface area (Å²) in [7, 11) is 1.59. The molecular weight excluding hydrogens is 330 g/mol. The van der Waals surface area contributed by atoms with E-state index in [1.807, 2.05) is 29.2 Å². The van der Waals surface area contributed by atoms with Crippen molar-refractivity contribution in [3.05, 3.63) is 24.3 Å². The molecule has 2 amide bonds. The maximum absolute atomic E-state index is 12.5. The van der Waals surface area contributed by atoms with Crippen molar-refractivity contribution in [3.63, 3.8) is 0 Å². The molecule has 6 nitrogen and oxygen atoms in total. The molecule has 0 atom stereocenters. The van der Waals surface area contributed by atoms with Gasteiger partial charge in [-0.25, -0.2) is 0 Å². The lowest BCUT2D eigenvalue weighted by molar-refractivity contribution is -0.134. The summed E-state index contributed by atoms with van der Waals surface area (Å²) in [5.41, 5.74) is 6.17. The number of ether oxygens (including phenoxy) is 1. The number of carbonyl (C=O) groups is 2. The van der Waals surface area contributed by atoms with Gasteiger partial charge >= 0.3 is 0 Å². The molecule has 26 heavy (non-hydrogen) atoms. The van der Waals surface area contributed by atoms with E-state index in [2.05, 4.69) is 5.32 Å². The summed E-state index contributed by atoms with van der Waals surface area (Å²) in [6, 6.07) is 7.39. The zero-order valence-corrected chi connectivity index (χ0v) is 15.7. The molecule has 0 aliphatic carbocycles. The lowest BCUT2D eigenvalue weighted by atomic mass is 9.95. The van der Waals surface area contributed by atoms with Crippen LogP contribution in [0.5, 0.6) is 5.75 Å². The van der Waals surface area contributed by atoms with Gasteiger partial charge in [0.25, 0.3) is 0 Å². The van der Waals surface area contributed by atoms with E-state index >= 15 is 0 Å². The first-order valence-electron chi connectivity index (χ1n) is 9.57. The number of nitrogens with one attached hydrogen (secondary N) is 1. The van der Waals surface area contributed by atoms with Crippen LogP contribution in [0.2, 0.25) is 0 Å². The predicted octanol–water partition coefficient (Wildman–Crippen LogP) is 2.78. The van der Waals surface area contributed by atoms with E-state index in [4.69, 9.17) is 10.5 Å². The summed E-state index contributed by atoms with van der Waals surface area (Å²) in [6.45, 7) is 2.04. The highest BCUT2D eigenvalue weighted by atomic mass is 16.5. The van der Waals surface area contributed by atoms with Crippen LogP contribution >= 0.6 is 0 Å². The Morgan fingerprint density at radius 1 is 1.15 bits per heavy atom. The Balaban J connectivity index is 1.73. The van der Waals surface area contributed by atoms with Crippen molar-refractivity contribution in [2.75, 3.05) is 32.1 Å². The van der Waals surface area contributed by atoms with Crippen LogP contribution in [0.25, 0.3) is 0 Å². The third kappa shape index (κ3) is 6.02. The average Bonchev–Trinajstić information content (AvgIpc) is 2.68. The molecule has 1 aliphatic rings. The first-order chi connectivity index (χ1) is 12.7. The van der Waals surface area contributed by atoms with E-state index in [9.17, 15) is 9.59 Å². The van der Waals surface area contributed by atoms with Crippen LogP contribution in [-0.4, -0.2) is 43.5 Å². The number of rotatable bonds is 9. The predicted molar refractivity (Wildman–Crippen MR) is 103 cm³/mol. The van der Waals surface area contributed by atoms with Crippen molar-refractivity contribution in [1.82, 2.24) is 4.90 Å². The molecule has 1 saturated heterocycles. The van der Waals surface area contributed by atoms with Crippen LogP contribution in [-0.2, 0) is 9.59 Å². The van der Waals surface area contributed by atoms with Gasteiger partial charge in [0.05, 0.1) is 12.8 Å². The molecule has 1 aromatic carbocycles. The van der Waals surface area contributed by atoms with E-state index in [0.29, 0.717) is 43.8 Å². The van der Waals surface area contributed by atoms with Gasteiger partial charge in [-0.05, 0) is 44.4 Å². The molecule has 0 saturated carbocycles. The lowest BCUT2D eigenvalue weighted by Gasteiger charge is -2.31. The molecule has 1 heterocycles. The number of likely N-dealkylation sites (tertiary alicyclic amines) is 1. The minimum absolute atomic E-state index is 0.00313. The van der Waals surface area contributed by atoms with Gasteiger partial charge in [-0.15, -0.1) is 0 Å². The number of amides is 2. The lowest BCUT2D eigenvalue weighted by Crippen LogP contribution is -2.41. The summed E-state index contributed by atoms with van der Waals surface area (Å²) in [6.07, 6.45) is 6.12. The second-order valence-electron chi connectivity index (χ2n) is 6.80. The topological polar surface area (TPSA) is 84.7 Å². The molecule has 0 spiro atoms. The van der Waals surface area contributed by atoms with E-state index in [1.54, 1.807) is 7.11 Å². The van der Waals surface area contributed by atoms with E-state index in [-0.39, 0.29) is 17.7 Å². The van der Waals surface area contributed by atoms with Crippen LogP contribution < -0.4 is 15.8 Å². The van der Waals surface area contributed by atoms with Crippen molar-refractivity contribution < 1.29 is 14.3 Å². The van der Waals surface area contributed by atoms with Crippen molar-refractivity contribution in [2.24, 2.45) is 11.7 Å². The number of unbranched alkanes of at least 4 members (excludes halogenated alkanes) is 3. The third-order valence-corrected chi connectivity index (χ3v) is 4.93. The number of hydrogen-bond acceptors (Lipinski definition) is 4. The number of nitrogens with two attached hydrogens (primary N) is 1. The first kappa shape index (κ1) is 20.2. The summed E-state index contributed by atoms with van der Waals surface area (Å²) >= 11 is 0. The van der Waals surface area contributed by atoms with E-state index < -0.39 is 0 Å². The van der Waals surface area contributed by atoms with Gasteiger partial charge in [0.1, 0.15) is 5.75 Å². The van der Waals surface area contributed by atoms with Crippen LogP contribution in [0.15, 0.2) is 24.3 Å². The number of methoxy groups -OCH3 is 1. The van der Waals surface area contributed by atoms with Gasteiger partial charge in [-0.2, -0.15) is 0 Å². The van der Waals surface area contributed by atoms with Gasteiger partial charge in [0.15, 0.2) is 0 Å². The highest BCUT2D eigenvalue weighted by molar-refractivity contribution is 5.94. The summed E-state index contributed by atoms with van der Waals surface area (Å²) in [5, 5.41) is 2.95. The minimum Gasteiger partial charge on any atom is -0.495 e. The normalized spacial score (nSPS) is 14.9. The number of para-hydroxylation sites is 2. The van der Waals surface area contributed by atoms with E-state index in [0.717, 1.165) is 32.2 Å². The fourth-order valence-electron chi connectivity index (χ4n) is 3.31. The average molecular weight is 361 g/mol. The Kier molecular flexibility index (Phi) is 8.41. The molecule has 0 bridgehead atoms. The fourth-order valence-corrected chi connectivity index (χ4v) is 3.31. The second-order valence-corrected chi connectivity index (χ2v) is 6.80. The number of benzene rings is 1. The zero-order chi connectivity index (χ0) is 18.8. The number of anilines is 1. The highest BCUT2D eigenvalue weighted by Gasteiger charge is 2.27. The number of nitrogens with zero attached hydrogens (tertiary/aromatic N) is 1. The number of carbonyl (C=O) groups excluding carboxylic acids is 2. The summed E-state index contributed by atoms with van der Waals surface area (Å²) < 4.78 is 5.27. The number of hydrogen-bond donors (Lipinski definition) is 2. The Labute approximate surface area is 156 Å². The minimum atomic E-state index is -0.0616. The van der Waals surface area contributed by atoms with Crippen LogP contribution in [0.3, 0.4) is 0 Å². The third-order valence-electron chi connectivity index (χ3n) is 4.93. The largest absolute Gasteiger partial charge is 0.495 e. The number of piperidine rings is 1. The zero-order valence-electron chi connectivity index (χ0n) is 15.7. The van der Waals surface area contributed by atoms with Crippen molar-refractivity contribution >= 4 is 17.5 Å². The van der Waals surface area contributed by atoms with Gasteiger partial charge in [-0.1, -0.05) is 25.0 Å². The molecule has 0 radical (unpaired) electrons. The molecule has 1 aliphatic heterocycles. The Hall–Kier alpha value is -2.08. The van der Waals surface area contributed by atoms with Crippen molar-refractivity contribution in [3.8, 4) is 5.75 Å². The molecule has 1 aromatic rings. The molecule has 3 N–H and O–H groups in total.